The highest BCUT2D eigenvalue weighted by atomic mass is 32.2. The number of carbonyl (C=O) groups is 2. The van der Waals surface area contributed by atoms with E-state index in [0.717, 1.165) is 5.56 Å². The monoisotopic (exact) mass is 267 g/mol. The van der Waals surface area contributed by atoms with Gasteiger partial charge in [-0.3, -0.25) is 4.79 Å². The van der Waals surface area contributed by atoms with Gasteiger partial charge in [0.1, 0.15) is 0 Å². The van der Waals surface area contributed by atoms with Crippen LogP contribution in [0.4, 0.5) is 5.69 Å². The van der Waals surface area contributed by atoms with E-state index in [9.17, 15) is 9.59 Å². The minimum Gasteiger partial charge on any atom is -0.478 e. The summed E-state index contributed by atoms with van der Waals surface area (Å²) in [5, 5.41) is 12.1. The average molecular weight is 267 g/mol. The molecule has 5 heteroatoms. The van der Waals surface area contributed by atoms with E-state index in [2.05, 4.69) is 5.32 Å². The molecule has 0 radical (unpaired) electrons. The molecule has 0 saturated carbocycles. The summed E-state index contributed by atoms with van der Waals surface area (Å²) in [6.45, 7) is 5.83. The zero-order chi connectivity index (χ0) is 13.7. The molecule has 0 bridgehead atoms. The summed E-state index contributed by atoms with van der Waals surface area (Å²) in [5.41, 5.74) is 1.32. The molecule has 18 heavy (non-hydrogen) atoms. The standard InChI is InChI=1S/C13H17NO3S/c1-8(2)18-7-12(15)14-11-5-4-9(3)6-10(11)13(16)17/h4-6,8H,7H2,1-3H3,(H,14,15)(H,16,17). The number of hydrogen-bond donors (Lipinski definition) is 2. The van der Waals surface area contributed by atoms with Crippen LogP contribution in [0.3, 0.4) is 0 Å². The van der Waals surface area contributed by atoms with Crippen LogP contribution in [0.15, 0.2) is 18.2 Å². The van der Waals surface area contributed by atoms with Gasteiger partial charge in [0, 0.05) is 0 Å². The molecule has 0 aromatic heterocycles. The van der Waals surface area contributed by atoms with Crippen LogP contribution in [0.1, 0.15) is 29.8 Å². The minimum absolute atomic E-state index is 0.123. The van der Waals surface area contributed by atoms with Crippen molar-refractivity contribution >= 4 is 29.3 Å². The van der Waals surface area contributed by atoms with Crippen molar-refractivity contribution in [3.05, 3.63) is 29.3 Å². The maximum absolute atomic E-state index is 11.7. The topological polar surface area (TPSA) is 66.4 Å². The molecule has 0 spiro atoms. The molecule has 0 fully saturated rings. The van der Waals surface area contributed by atoms with E-state index < -0.39 is 5.97 Å². The third kappa shape index (κ3) is 4.41. The van der Waals surface area contributed by atoms with Crippen LogP contribution in [0.25, 0.3) is 0 Å². The van der Waals surface area contributed by atoms with Gasteiger partial charge in [0.25, 0.3) is 0 Å². The van der Waals surface area contributed by atoms with Crippen molar-refractivity contribution in [3.8, 4) is 0 Å². The lowest BCUT2D eigenvalue weighted by Crippen LogP contribution is -2.17. The predicted molar refractivity (Wildman–Crippen MR) is 74.4 cm³/mol. The lowest BCUT2D eigenvalue weighted by atomic mass is 10.1. The summed E-state index contributed by atoms with van der Waals surface area (Å²) in [6, 6.07) is 4.95. The molecule has 1 rings (SSSR count). The fraction of sp³-hybridized carbons (Fsp3) is 0.385. The number of anilines is 1. The fourth-order valence-corrected chi connectivity index (χ4v) is 1.93. The van der Waals surface area contributed by atoms with Crippen LogP contribution < -0.4 is 5.32 Å². The number of rotatable bonds is 5. The summed E-state index contributed by atoms with van der Waals surface area (Å²) in [5.74, 6) is -0.893. The number of carboxylic acids is 1. The van der Waals surface area contributed by atoms with Crippen LogP contribution in [-0.2, 0) is 4.79 Å². The van der Waals surface area contributed by atoms with Crippen LogP contribution in [0.5, 0.6) is 0 Å². The second-order valence-corrected chi connectivity index (χ2v) is 5.83. The molecular weight excluding hydrogens is 250 g/mol. The van der Waals surface area contributed by atoms with Crippen molar-refractivity contribution in [2.45, 2.75) is 26.0 Å². The van der Waals surface area contributed by atoms with Gasteiger partial charge in [0.05, 0.1) is 17.0 Å². The molecule has 0 unspecified atom stereocenters. The number of carboxylic acid groups (broad SMARTS) is 1. The number of hydrogen-bond acceptors (Lipinski definition) is 3. The Kier molecular flexibility index (Phi) is 5.22. The van der Waals surface area contributed by atoms with Gasteiger partial charge >= 0.3 is 5.97 Å². The van der Waals surface area contributed by atoms with Crippen molar-refractivity contribution in [2.75, 3.05) is 11.1 Å². The fourth-order valence-electron chi connectivity index (χ4n) is 1.37. The summed E-state index contributed by atoms with van der Waals surface area (Å²) >= 11 is 1.52. The van der Waals surface area contributed by atoms with Crippen LogP contribution in [-0.4, -0.2) is 28.0 Å². The Labute approximate surface area is 111 Å². The first-order valence-electron chi connectivity index (χ1n) is 5.65. The number of benzene rings is 1. The minimum atomic E-state index is -1.04. The number of aromatic carboxylic acids is 1. The Morgan fingerprint density at radius 1 is 1.39 bits per heavy atom. The van der Waals surface area contributed by atoms with Crippen LogP contribution in [0.2, 0.25) is 0 Å². The highest BCUT2D eigenvalue weighted by molar-refractivity contribution is 8.00. The summed E-state index contributed by atoms with van der Waals surface area (Å²) < 4.78 is 0. The SMILES string of the molecule is Cc1ccc(NC(=O)CSC(C)C)c(C(=O)O)c1. The van der Waals surface area contributed by atoms with Crippen LogP contribution >= 0.6 is 11.8 Å². The van der Waals surface area contributed by atoms with Gasteiger partial charge in [-0.1, -0.05) is 25.5 Å². The number of nitrogens with one attached hydrogen (secondary N) is 1. The highest BCUT2D eigenvalue weighted by Gasteiger charge is 2.12. The van der Waals surface area contributed by atoms with E-state index in [-0.39, 0.29) is 11.5 Å². The van der Waals surface area contributed by atoms with E-state index in [1.54, 1.807) is 18.2 Å². The molecule has 0 saturated heterocycles. The van der Waals surface area contributed by atoms with Gasteiger partial charge in [0.15, 0.2) is 0 Å². The molecule has 1 aromatic carbocycles. The molecule has 4 nitrogen and oxygen atoms in total. The van der Waals surface area contributed by atoms with Crippen LogP contribution in [0, 0.1) is 6.92 Å². The maximum Gasteiger partial charge on any atom is 0.337 e. The number of amides is 1. The van der Waals surface area contributed by atoms with Crippen molar-refractivity contribution in [3.63, 3.8) is 0 Å². The van der Waals surface area contributed by atoms with Crippen molar-refractivity contribution < 1.29 is 14.7 Å². The first-order chi connectivity index (χ1) is 8.40. The van der Waals surface area contributed by atoms with E-state index in [1.165, 1.54) is 11.8 Å². The van der Waals surface area contributed by atoms with Crippen molar-refractivity contribution in [1.29, 1.82) is 0 Å². The molecule has 0 heterocycles. The quantitative estimate of drug-likeness (QED) is 0.861. The Balaban J connectivity index is 2.78. The van der Waals surface area contributed by atoms with Gasteiger partial charge in [-0.15, -0.1) is 11.8 Å². The number of aryl methyl sites for hydroxylation is 1. The normalized spacial score (nSPS) is 10.4. The molecule has 1 aromatic rings. The summed E-state index contributed by atoms with van der Waals surface area (Å²) in [6.07, 6.45) is 0. The first kappa shape index (κ1) is 14.6. The van der Waals surface area contributed by atoms with Gasteiger partial charge in [0.2, 0.25) is 5.91 Å². The Morgan fingerprint density at radius 3 is 2.61 bits per heavy atom. The zero-order valence-electron chi connectivity index (χ0n) is 10.7. The molecule has 0 aliphatic heterocycles. The van der Waals surface area contributed by atoms with Gasteiger partial charge in [-0.05, 0) is 24.3 Å². The lowest BCUT2D eigenvalue weighted by Gasteiger charge is -2.10. The number of carbonyl (C=O) groups excluding carboxylic acids is 1. The van der Waals surface area contributed by atoms with Gasteiger partial charge in [-0.2, -0.15) is 0 Å². The maximum atomic E-state index is 11.7. The molecule has 0 aliphatic rings. The second-order valence-electron chi connectivity index (χ2n) is 4.26. The Bertz CT molecular complexity index is 458. The molecule has 2 N–H and O–H groups in total. The molecule has 98 valence electrons. The predicted octanol–water partition coefficient (Wildman–Crippen LogP) is 2.77. The summed E-state index contributed by atoms with van der Waals surface area (Å²) in [4.78, 5) is 22.7. The summed E-state index contributed by atoms with van der Waals surface area (Å²) in [7, 11) is 0. The number of thioether (sulfide) groups is 1. The third-order valence-corrected chi connectivity index (χ3v) is 3.32. The van der Waals surface area contributed by atoms with Crippen molar-refractivity contribution in [1.82, 2.24) is 0 Å². The van der Waals surface area contributed by atoms with E-state index in [1.807, 2.05) is 20.8 Å². The zero-order valence-corrected chi connectivity index (χ0v) is 11.5. The van der Waals surface area contributed by atoms with E-state index >= 15 is 0 Å². The highest BCUT2D eigenvalue weighted by Crippen LogP contribution is 2.18. The molecule has 0 aliphatic carbocycles. The van der Waals surface area contributed by atoms with Crippen molar-refractivity contribution in [2.24, 2.45) is 0 Å². The van der Waals surface area contributed by atoms with Gasteiger partial charge < -0.3 is 10.4 Å². The largest absolute Gasteiger partial charge is 0.478 e. The molecule has 1 amide bonds. The van der Waals surface area contributed by atoms with E-state index in [4.69, 9.17) is 5.11 Å². The van der Waals surface area contributed by atoms with E-state index in [0.29, 0.717) is 16.7 Å². The van der Waals surface area contributed by atoms with Gasteiger partial charge in [-0.25, -0.2) is 4.79 Å². The average Bonchev–Trinajstić information content (AvgIpc) is 2.28. The second kappa shape index (κ2) is 6.44. The molecule has 0 atom stereocenters. The third-order valence-electron chi connectivity index (χ3n) is 2.23. The first-order valence-corrected chi connectivity index (χ1v) is 6.70. The smallest absolute Gasteiger partial charge is 0.337 e. The Hall–Kier alpha value is -1.49. The molecular formula is C13H17NO3S. The Morgan fingerprint density at radius 2 is 2.06 bits per heavy atom. The lowest BCUT2D eigenvalue weighted by molar-refractivity contribution is -0.113.